The smallest absolute Gasteiger partial charge is 0.0860 e. The maximum absolute atomic E-state index is 10.5. The number of rotatable bonds is 3. The Morgan fingerprint density at radius 2 is 2.00 bits per heavy atom. The van der Waals surface area contributed by atoms with Crippen molar-refractivity contribution < 1.29 is 5.11 Å². The van der Waals surface area contributed by atoms with Crippen LogP contribution in [0.25, 0.3) is 10.9 Å². The molecule has 0 radical (unpaired) electrons. The van der Waals surface area contributed by atoms with Gasteiger partial charge < -0.3 is 5.11 Å². The molecule has 3 nitrogen and oxygen atoms in total. The fourth-order valence-corrected chi connectivity index (χ4v) is 3.00. The first-order valence-electron chi connectivity index (χ1n) is 6.91. The highest BCUT2D eigenvalue weighted by atomic mass is 35.5. The van der Waals surface area contributed by atoms with E-state index in [4.69, 9.17) is 11.6 Å². The van der Waals surface area contributed by atoms with Crippen molar-refractivity contribution in [3.8, 4) is 0 Å². The summed E-state index contributed by atoms with van der Waals surface area (Å²) in [6.07, 6.45) is -0.208. The van der Waals surface area contributed by atoms with E-state index >= 15 is 0 Å². The van der Waals surface area contributed by atoms with Gasteiger partial charge in [-0.1, -0.05) is 41.9 Å². The summed E-state index contributed by atoms with van der Waals surface area (Å²) in [5.41, 5.74) is 3.78. The first-order valence-corrected chi connectivity index (χ1v) is 7.29. The maximum atomic E-state index is 10.5. The zero-order chi connectivity index (χ0) is 15.0. The Kier molecular flexibility index (Phi) is 3.70. The molecular formula is C17H17ClN2O. The molecule has 1 N–H and O–H groups in total. The normalized spacial score (nSPS) is 12.8. The van der Waals surface area contributed by atoms with Crippen LogP contribution in [0.15, 0.2) is 42.5 Å². The Morgan fingerprint density at radius 1 is 1.24 bits per heavy atom. The maximum Gasteiger partial charge on any atom is 0.0860 e. The van der Waals surface area contributed by atoms with Crippen LogP contribution in [0.5, 0.6) is 0 Å². The van der Waals surface area contributed by atoms with E-state index in [1.807, 2.05) is 61.1 Å². The molecule has 0 aliphatic rings. The van der Waals surface area contributed by atoms with Gasteiger partial charge in [-0.2, -0.15) is 5.10 Å². The molecule has 0 aliphatic heterocycles. The van der Waals surface area contributed by atoms with E-state index in [9.17, 15) is 5.11 Å². The fourth-order valence-electron chi connectivity index (χ4n) is 2.63. The van der Waals surface area contributed by atoms with E-state index in [0.717, 1.165) is 27.7 Å². The lowest BCUT2D eigenvalue weighted by atomic mass is 10.0. The molecule has 3 rings (SSSR count). The van der Waals surface area contributed by atoms with Gasteiger partial charge >= 0.3 is 0 Å². The summed E-state index contributed by atoms with van der Waals surface area (Å²) in [5, 5.41) is 16.7. The zero-order valence-electron chi connectivity index (χ0n) is 12.0. The second kappa shape index (κ2) is 5.51. The van der Waals surface area contributed by atoms with Crippen LogP contribution < -0.4 is 0 Å². The van der Waals surface area contributed by atoms with Crippen LogP contribution in [0.3, 0.4) is 0 Å². The summed E-state index contributed by atoms with van der Waals surface area (Å²) in [6.45, 7) is 1.98. The van der Waals surface area contributed by atoms with Gasteiger partial charge in [-0.05, 0) is 30.2 Å². The molecule has 1 atom stereocenters. The standard InChI is InChI=1S/C17H17ClN2O/c1-11-7-8-12(14(18)9-11)17(21)10-15-13-5-3-4-6-16(13)20(2)19-15/h3-9,17,21H,10H2,1-2H3. The minimum absolute atomic E-state index is 0.449. The Balaban J connectivity index is 1.94. The van der Waals surface area contributed by atoms with Gasteiger partial charge in [-0.3, -0.25) is 4.68 Å². The molecule has 0 spiro atoms. The van der Waals surface area contributed by atoms with Crippen LogP contribution in [0, 0.1) is 6.92 Å². The van der Waals surface area contributed by atoms with Gasteiger partial charge in [0, 0.05) is 23.9 Å². The van der Waals surface area contributed by atoms with Crippen LogP contribution in [0.1, 0.15) is 22.9 Å². The van der Waals surface area contributed by atoms with Gasteiger partial charge in [0.25, 0.3) is 0 Å². The fraction of sp³-hybridized carbons (Fsp3) is 0.235. The lowest BCUT2D eigenvalue weighted by Gasteiger charge is -2.12. The largest absolute Gasteiger partial charge is 0.388 e. The molecule has 1 unspecified atom stereocenters. The highest BCUT2D eigenvalue weighted by molar-refractivity contribution is 6.31. The van der Waals surface area contributed by atoms with Gasteiger partial charge in [0.05, 0.1) is 17.3 Å². The Hall–Kier alpha value is -1.84. The minimum Gasteiger partial charge on any atom is -0.388 e. The molecule has 21 heavy (non-hydrogen) atoms. The monoisotopic (exact) mass is 300 g/mol. The second-order valence-corrected chi connectivity index (χ2v) is 5.74. The number of hydrogen-bond donors (Lipinski definition) is 1. The summed E-state index contributed by atoms with van der Waals surface area (Å²) in [5.74, 6) is 0. The third-order valence-corrected chi connectivity index (χ3v) is 4.06. The second-order valence-electron chi connectivity index (χ2n) is 5.33. The van der Waals surface area contributed by atoms with Gasteiger partial charge in [0.15, 0.2) is 0 Å². The van der Waals surface area contributed by atoms with E-state index < -0.39 is 6.10 Å². The molecule has 108 valence electrons. The topological polar surface area (TPSA) is 38.1 Å². The van der Waals surface area contributed by atoms with E-state index in [1.165, 1.54) is 0 Å². The van der Waals surface area contributed by atoms with Crippen molar-refractivity contribution >= 4 is 22.5 Å². The van der Waals surface area contributed by atoms with Crippen LogP contribution in [0.4, 0.5) is 0 Å². The lowest BCUT2D eigenvalue weighted by Crippen LogP contribution is -2.04. The number of fused-ring (bicyclic) bond motifs is 1. The van der Waals surface area contributed by atoms with Crippen molar-refractivity contribution in [2.24, 2.45) is 7.05 Å². The van der Waals surface area contributed by atoms with Crippen LogP contribution in [-0.2, 0) is 13.5 Å². The average Bonchev–Trinajstić information content (AvgIpc) is 2.76. The quantitative estimate of drug-likeness (QED) is 0.798. The van der Waals surface area contributed by atoms with Crippen molar-refractivity contribution in [2.45, 2.75) is 19.4 Å². The molecule has 3 aromatic rings. The first kappa shape index (κ1) is 14.1. The van der Waals surface area contributed by atoms with Crippen LogP contribution in [0.2, 0.25) is 5.02 Å². The van der Waals surface area contributed by atoms with E-state index in [-0.39, 0.29) is 0 Å². The Bertz CT molecular complexity index is 795. The SMILES string of the molecule is Cc1ccc(C(O)Cc2nn(C)c3ccccc23)c(Cl)c1. The molecule has 0 amide bonds. The number of aryl methyl sites for hydroxylation is 2. The van der Waals surface area contributed by atoms with Crippen molar-refractivity contribution in [1.82, 2.24) is 9.78 Å². The first-order chi connectivity index (χ1) is 10.1. The van der Waals surface area contributed by atoms with Crippen LogP contribution in [-0.4, -0.2) is 14.9 Å². The molecular weight excluding hydrogens is 284 g/mol. The van der Waals surface area contributed by atoms with Crippen molar-refractivity contribution in [3.05, 3.63) is 64.3 Å². The number of para-hydroxylation sites is 1. The Labute approximate surface area is 128 Å². The van der Waals surface area contributed by atoms with Crippen LogP contribution >= 0.6 is 11.6 Å². The van der Waals surface area contributed by atoms with Gasteiger partial charge in [0.2, 0.25) is 0 Å². The number of aromatic nitrogens is 2. The molecule has 2 aromatic carbocycles. The molecule has 0 fully saturated rings. The highest BCUT2D eigenvalue weighted by Crippen LogP contribution is 2.28. The van der Waals surface area contributed by atoms with Crippen molar-refractivity contribution in [1.29, 1.82) is 0 Å². The number of aliphatic hydroxyl groups excluding tert-OH is 1. The third kappa shape index (κ3) is 2.67. The molecule has 1 aromatic heterocycles. The van der Waals surface area contributed by atoms with Gasteiger partial charge in [-0.25, -0.2) is 0 Å². The highest BCUT2D eigenvalue weighted by Gasteiger charge is 2.16. The molecule has 0 bridgehead atoms. The number of benzene rings is 2. The number of halogens is 1. The summed E-state index contributed by atoms with van der Waals surface area (Å²) < 4.78 is 1.84. The summed E-state index contributed by atoms with van der Waals surface area (Å²) in [4.78, 5) is 0. The minimum atomic E-state index is -0.656. The lowest BCUT2D eigenvalue weighted by molar-refractivity contribution is 0.177. The molecule has 0 aliphatic carbocycles. The number of aliphatic hydroxyl groups is 1. The van der Waals surface area contributed by atoms with E-state index in [1.54, 1.807) is 0 Å². The number of nitrogens with zero attached hydrogens (tertiary/aromatic N) is 2. The summed E-state index contributed by atoms with van der Waals surface area (Å²) in [7, 11) is 1.91. The predicted octanol–water partition coefficient (Wildman–Crippen LogP) is 3.81. The summed E-state index contributed by atoms with van der Waals surface area (Å²) in [6, 6.07) is 13.7. The molecule has 4 heteroatoms. The predicted molar refractivity (Wildman–Crippen MR) is 85.6 cm³/mol. The van der Waals surface area contributed by atoms with Gasteiger partial charge in [-0.15, -0.1) is 0 Å². The van der Waals surface area contributed by atoms with Gasteiger partial charge in [0.1, 0.15) is 0 Å². The zero-order valence-corrected chi connectivity index (χ0v) is 12.8. The number of hydrogen-bond acceptors (Lipinski definition) is 2. The van der Waals surface area contributed by atoms with Crippen molar-refractivity contribution in [3.63, 3.8) is 0 Å². The van der Waals surface area contributed by atoms with Crippen molar-refractivity contribution in [2.75, 3.05) is 0 Å². The molecule has 1 heterocycles. The van der Waals surface area contributed by atoms with E-state index in [2.05, 4.69) is 5.10 Å². The Morgan fingerprint density at radius 3 is 2.76 bits per heavy atom. The molecule has 0 saturated heterocycles. The van der Waals surface area contributed by atoms with E-state index in [0.29, 0.717) is 11.4 Å². The third-order valence-electron chi connectivity index (χ3n) is 3.74. The molecule has 0 saturated carbocycles. The average molecular weight is 301 g/mol. The summed E-state index contributed by atoms with van der Waals surface area (Å²) >= 11 is 6.23.